The molecule has 2 amide bonds. The van der Waals surface area contributed by atoms with E-state index in [1.54, 1.807) is 37.4 Å². The standard InChI is InChI=1S/C50H58NO6/c1-10-49(5,6)34-12-11-13-35(27-34)51(9)47(54)41-25-23-39(29-43(41)48(51)55)57-37-20-16-33(17-21-37)50(7,8)32-14-18-36(19-15-32)56-38-22-24-40-42(28-38)46(53)44(45(40)52)31(4)26-30(2)3/h11-12,14-16,18-20,22-25,28-31,34-35,44H,10,13,17,21,26-27H2,1-9H3/q+1. The minimum Gasteiger partial charge on any atom is -0.462 e. The smallest absolute Gasteiger partial charge is 0.354 e. The Labute approximate surface area is 338 Å². The number of ketones is 2. The van der Waals surface area contributed by atoms with E-state index >= 15 is 0 Å². The van der Waals surface area contributed by atoms with Crippen molar-refractivity contribution in [2.75, 3.05) is 7.05 Å². The second-order valence-corrected chi connectivity index (χ2v) is 18.6. The van der Waals surface area contributed by atoms with Gasteiger partial charge in [0.25, 0.3) is 0 Å². The third kappa shape index (κ3) is 7.28. The van der Waals surface area contributed by atoms with E-state index in [2.05, 4.69) is 78.8 Å². The molecule has 0 bridgehead atoms. The van der Waals surface area contributed by atoms with E-state index in [1.807, 2.05) is 31.2 Å². The summed E-state index contributed by atoms with van der Waals surface area (Å²) in [5, 5.41) is 0. The maximum Gasteiger partial charge on any atom is 0.354 e. The van der Waals surface area contributed by atoms with Gasteiger partial charge in [0, 0.05) is 35.8 Å². The Bertz CT molecular complexity index is 2220. The number of nitrogens with zero attached hydrogens (tertiary/aromatic N) is 1. The van der Waals surface area contributed by atoms with Gasteiger partial charge >= 0.3 is 11.8 Å². The van der Waals surface area contributed by atoms with Crippen LogP contribution in [0.3, 0.4) is 0 Å². The zero-order valence-corrected chi connectivity index (χ0v) is 35.1. The van der Waals surface area contributed by atoms with Gasteiger partial charge in [-0.1, -0.05) is 97.7 Å². The molecule has 0 spiro atoms. The lowest BCUT2D eigenvalue weighted by atomic mass is 9.71. The fourth-order valence-electron chi connectivity index (χ4n) is 9.50. The van der Waals surface area contributed by atoms with Crippen molar-refractivity contribution < 1.29 is 33.1 Å². The first kappa shape index (κ1) is 40.3. The van der Waals surface area contributed by atoms with Gasteiger partial charge in [0.05, 0.1) is 18.5 Å². The van der Waals surface area contributed by atoms with Gasteiger partial charge in [0.1, 0.15) is 34.6 Å². The van der Waals surface area contributed by atoms with Crippen molar-refractivity contribution in [3.05, 3.63) is 124 Å². The maximum absolute atomic E-state index is 14.0. The highest BCUT2D eigenvalue weighted by Crippen LogP contribution is 2.44. The molecule has 3 aromatic rings. The predicted molar refractivity (Wildman–Crippen MR) is 224 cm³/mol. The summed E-state index contributed by atoms with van der Waals surface area (Å²) in [6, 6.07) is 18.5. The zero-order valence-electron chi connectivity index (χ0n) is 35.1. The normalized spacial score (nSPS) is 24.0. The molecule has 3 aliphatic carbocycles. The fourth-order valence-corrected chi connectivity index (χ4v) is 9.50. The molecule has 5 atom stereocenters. The van der Waals surface area contributed by atoms with Gasteiger partial charge in [-0.05, 0) is 96.2 Å². The molecule has 5 unspecified atom stereocenters. The number of hydrogen-bond donors (Lipinski definition) is 0. The number of carbonyl (C=O) groups is 4. The van der Waals surface area contributed by atoms with E-state index in [9.17, 15) is 19.2 Å². The van der Waals surface area contributed by atoms with E-state index in [4.69, 9.17) is 9.47 Å². The molecule has 0 radical (unpaired) electrons. The van der Waals surface area contributed by atoms with Crippen LogP contribution in [0.1, 0.15) is 141 Å². The minimum absolute atomic E-state index is 0.0104. The Morgan fingerprint density at radius 1 is 0.737 bits per heavy atom. The first-order valence-corrected chi connectivity index (χ1v) is 20.8. The van der Waals surface area contributed by atoms with Gasteiger partial charge in [-0.25, -0.2) is 9.59 Å². The molecule has 3 aromatic carbocycles. The van der Waals surface area contributed by atoms with E-state index in [0.717, 1.165) is 37.0 Å². The maximum atomic E-state index is 14.0. The Balaban J connectivity index is 1.00. The lowest BCUT2D eigenvalue weighted by Gasteiger charge is -2.40. The van der Waals surface area contributed by atoms with Crippen molar-refractivity contribution in [1.29, 1.82) is 0 Å². The summed E-state index contributed by atoms with van der Waals surface area (Å²) in [4.78, 5) is 54.3. The molecular formula is C50H58NO6+. The average molecular weight is 769 g/mol. The number of fused-ring (bicyclic) bond motifs is 2. The van der Waals surface area contributed by atoms with Gasteiger partial charge in [-0.3, -0.25) is 9.59 Å². The molecule has 0 saturated carbocycles. The Hall–Kier alpha value is -4.88. The fraction of sp³-hybridized carbons (Fsp3) is 0.440. The molecule has 1 heterocycles. The van der Waals surface area contributed by atoms with Crippen LogP contribution in [0.4, 0.5) is 0 Å². The SMILES string of the molecule is CCC(C)(C)C1C=CCC([N+]2(C)C(=O)c3ccc(OC4=CC=C(C(C)(C)c5ccc(Oc6ccc7c(c6)C(=O)C(C(C)CC(C)C)C7=O)cc5)CC4)cc3C2=O)C1. The molecule has 7 nitrogen and oxygen atoms in total. The second kappa shape index (κ2) is 15.1. The van der Waals surface area contributed by atoms with Crippen LogP contribution in [0.15, 0.2) is 96.3 Å². The zero-order chi connectivity index (χ0) is 41.0. The summed E-state index contributed by atoms with van der Waals surface area (Å²) in [5.74, 6) is 2.20. The Morgan fingerprint density at radius 2 is 1.35 bits per heavy atom. The summed E-state index contributed by atoms with van der Waals surface area (Å²) < 4.78 is 12.3. The van der Waals surface area contributed by atoms with Crippen molar-refractivity contribution >= 4 is 23.4 Å². The molecule has 57 heavy (non-hydrogen) atoms. The van der Waals surface area contributed by atoms with Crippen molar-refractivity contribution in [1.82, 2.24) is 0 Å². The Kier molecular flexibility index (Phi) is 10.7. The first-order chi connectivity index (χ1) is 26.9. The lowest BCUT2D eigenvalue weighted by Crippen LogP contribution is -2.57. The monoisotopic (exact) mass is 768 g/mol. The van der Waals surface area contributed by atoms with E-state index in [-0.39, 0.29) is 50.7 Å². The topological polar surface area (TPSA) is 86.7 Å². The summed E-state index contributed by atoms with van der Waals surface area (Å²) in [6.07, 6.45) is 13.4. The number of benzene rings is 3. The molecule has 298 valence electrons. The van der Waals surface area contributed by atoms with E-state index < -0.39 is 5.92 Å². The summed E-state index contributed by atoms with van der Waals surface area (Å²) in [5.41, 5.74) is 4.11. The summed E-state index contributed by atoms with van der Waals surface area (Å²) >= 11 is 0. The molecular weight excluding hydrogens is 711 g/mol. The van der Waals surface area contributed by atoms with Crippen molar-refractivity contribution in [2.24, 2.45) is 29.1 Å². The molecule has 7 heteroatoms. The van der Waals surface area contributed by atoms with Crippen LogP contribution >= 0.6 is 0 Å². The van der Waals surface area contributed by atoms with Crippen LogP contribution < -0.4 is 9.47 Å². The quantitative estimate of drug-likeness (QED) is 0.0789. The summed E-state index contributed by atoms with van der Waals surface area (Å²) in [7, 11) is 1.80. The molecule has 1 aliphatic heterocycles. The molecule has 7 rings (SSSR count). The van der Waals surface area contributed by atoms with E-state index in [0.29, 0.717) is 64.2 Å². The highest BCUT2D eigenvalue weighted by atomic mass is 16.5. The number of allylic oxidation sites excluding steroid dienone is 5. The highest BCUT2D eigenvalue weighted by molar-refractivity contribution is 6.26. The number of carbonyl (C=O) groups excluding carboxylic acids is 4. The van der Waals surface area contributed by atoms with Crippen LogP contribution in [0.5, 0.6) is 17.2 Å². The molecule has 0 fully saturated rings. The third-order valence-corrected chi connectivity index (χ3v) is 13.7. The van der Waals surface area contributed by atoms with Gasteiger partial charge < -0.3 is 9.47 Å². The highest BCUT2D eigenvalue weighted by Gasteiger charge is 2.56. The number of amides is 2. The number of rotatable bonds is 12. The molecule has 0 N–H and O–H groups in total. The third-order valence-electron chi connectivity index (χ3n) is 13.7. The number of hydrogen-bond acceptors (Lipinski definition) is 6. The molecule has 0 aromatic heterocycles. The second-order valence-electron chi connectivity index (χ2n) is 18.6. The van der Waals surface area contributed by atoms with Crippen LogP contribution in [-0.2, 0) is 5.41 Å². The molecule has 0 saturated heterocycles. The van der Waals surface area contributed by atoms with E-state index in [1.165, 1.54) is 5.57 Å². The predicted octanol–water partition coefficient (Wildman–Crippen LogP) is 11.6. The number of Topliss-reactive ketones (excluding diaryl/α,β-unsaturated/α-hetero) is 2. The molecule has 4 aliphatic rings. The first-order valence-electron chi connectivity index (χ1n) is 20.8. The van der Waals surface area contributed by atoms with Crippen molar-refractivity contribution in [3.8, 4) is 17.2 Å². The average Bonchev–Trinajstić information content (AvgIpc) is 3.55. The van der Waals surface area contributed by atoms with Crippen molar-refractivity contribution in [3.63, 3.8) is 0 Å². The lowest BCUT2D eigenvalue weighted by molar-refractivity contribution is -0.771. The largest absolute Gasteiger partial charge is 0.462 e. The van der Waals surface area contributed by atoms with Crippen LogP contribution in [0.2, 0.25) is 0 Å². The van der Waals surface area contributed by atoms with Crippen LogP contribution in [0.25, 0.3) is 0 Å². The van der Waals surface area contributed by atoms with Crippen LogP contribution in [0, 0.1) is 29.1 Å². The summed E-state index contributed by atoms with van der Waals surface area (Å²) in [6.45, 7) is 17.4. The Morgan fingerprint density at radius 3 is 2.00 bits per heavy atom. The van der Waals surface area contributed by atoms with Gasteiger partial charge in [-0.15, -0.1) is 0 Å². The number of ether oxygens (including phenoxy) is 2. The van der Waals surface area contributed by atoms with Gasteiger partial charge in [0.15, 0.2) is 11.6 Å². The van der Waals surface area contributed by atoms with Crippen LogP contribution in [-0.4, -0.2) is 41.0 Å². The van der Waals surface area contributed by atoms with Gasteiger partial charge in [-0.2, -0.15) is 4.48 Å². The minimum atomic E-state index is -0.616. The van der Waals surface area contributed by atoms with Crippen molar-refractivity contribution in [2.45, 2.75) is 105 Å². The number of quaternary nitrogens is 1. The number of imide groups is 1. The van der Waals surface area contributed by atoms with Gasteiger partial charge in [0.2, 0.25) is 0 Å².